The summed E-state index contributed by atoms with van der Waals surface area (Å²) in [5.74, 6) is 0. The molecule has 96 valence electrons. The van der Waals surface area contributed by atoms with Crippen molar-refractivity contribution in [3.8, 4) is 0 Å². The SMILES string of the molecule is Cn1nccc1S(=O)(=O)Nc1ccc(Br)c(N)c1. The number of nitrogens with two attached hydrogens (primary N) is 1. The maximum atomic E-state index is 12.1. The molecule has 0 aliphatic carbocycles. The quantitative estimate of drug-likeness (QED) is 0.836. The first-order valence-electron chi connectivity index (χ1n) is 4.96. The first-order valence-corrected chi connectivity index (χ1v) is 7.23. The summed E-state index contributed by atoms with van der Waals surface area (Å²) in [5.41, 5.74) is 6.55. The van der Waals surface area contributed by atoms with Crippen LogP contribution in [0.1, 0.15) is 0 Å². The van der Waals surface area contributed by atoms with E-state index in [-0.39, 0.29) is 5.03 Å². The van der Waals surface area contributed by atoms with Crippen LogP contribution in [-0.4, -0.2) is 18.2 Å². The second-order valence-electron chi connectivity index (χ2n) is 3.63. The van der Waals surface area contributed by atoms with Crippen molar-refractivity contribution in [2.24, 2.45) is 7.05 Å². The Morgan fingerprint density at radius 2 is 2.11 bits per heavy atom. The minimum atomic E-state index is -3.65. The summed E-state index contributed by atoms with van der Waals surface area (Å²) in [7, 11) is -2.09. The van der Waals surface area contributed by atoms with Crippen molar-refractivity contribution in [1.29, 1.82) is 0 Å². The second kappa shape index (κ2) is 4.62. The summed E-state index contributed by atoms with van der Waals surface area (Å²) in [6.45, 7) is 0. The predicted molar refractivity (Wildman–Crippen MR) is 72.6 cm³/mol. The lowest BCUT2D eigenvalue weighted by molar-refractivity contribution is 0.582. The van der Waals surface area contributed by atoms with Gasteiger partial charge in [-0.1, -0.05) is 0 Å². The van der Waals surface area contributed by atoms with E-state index in [1.165, 1.54) is 23.0 Å². The lowest BCUT2D eigenvalue weighted by Crippen LogP contribution is -2.16. The fourth-order valence-electron chi connectivity index (χ4n) is 1.44. The third-order valence-corrected chi connectivity index (χ3v) is 4.48. The predicted octanol–water partition coefficient (Wildman–Crippen LogP) is 1.57. The molecule has 0 aliphatic heterocycles. The molecule has 0 unspecified atom stereocenters. The molecule has 0 spiro atoms. The van der Waals surface area contributed by atoms with Crippen molar-refractivity contribution in [1.82, 2.24) is 9.78 Å². The van der Waals surface area contributed by atoms with Crippen LogP contribution in [-0.2, 0) is 17.1 Å². The number of nitrogen functional groups attached to an aromatic ring is 1. The number of sulfonamides is 1. The second-order valence-corrected chi connectivity index (χ2v) is 6.12. The van der Waals surface area contributed by atoms with Crippen molar-refractivity contribution in [3.05, 3.63) is 34.9 Å². The maximum Gasteiger partial charge on any atom is 0.279 e. The van der Waals surface area contributed by atoms with Gasteiger partial charge in [-0.15, -0.1) is 0 Å². The largest absolute Gasteiger partial charge is 0.398 e. The summed E-state index contributed by atoms with van der Waals surface area (Å²) >= 11 is 3.24. The van der Waals surface area contributed by atoms with Gasteiger partial charge in [0.15, 0.2) is 5.03 Å². The van der Waals surface area contributed by atoms with Crippen LogP contribution in [0.25, 0.3) is 0 Å². The fraction of sp³-hybridized carbons (Fsp3) is 0.100. The number of hydrogen-bond donors (Lipinski definition) is 2. The van der Waals surface area contributed by atoms with E-state index in [0.717, 1.165) is 0 Å². The van der Waals surface area contributed by atoms with Gasteiger partial charge in [0.25, 0.3) is 10.0 Å². The van der Waals surface area contributed by atoms with E-state index in [2.05, 4.69) is 25.8 Å². The lowest BCUT2D eigenvalue weighted by atomic mass is 10.3. The Kier molecular flexibility index (Phi) is 3.31. The summed E-state index contributed by atoms with van der Waals surface area (Å²) in [6, 6.07) is 6.26. The molecule has 6 nitrogen and oxygen atoms in total. The zero-order valence-electron chi connectivity index (χ0n) is 9.46. The molecule has 0 saturated heterocycles. The Balaban J connectivity index is 2.34. The van der Waals surface area contributed by atoms with Crippen molar-refractivity contribution < 1.29 is 8.42 Å². The monoisotopic (exact) mass is 330 g/mol. The third kappa shape index (κ3) is 2.49. The number of aryl methyl sites for hydroxylation is 1. The van der Waals surface area contributed by atoms with E-state index in [0.29, 0.717) is 15.8 Å². The number of rotatable bonds is 3. The first-order chi connectivity index (χ1) is 8.40. The van der Waals surface area contributed by atoms with E-state index < -0.39 is 10.0 Å². The van der Waals surface area contributed by atoms with Crippen molar-refractivity contribution in [3.63, 3.8) is 0 Å². The molecule has 0 bridgehead atoms. The van der Waals surface area contributed by atoms with Gasteiger partial charge in [0.05, 0.1) is 11.9 Å². The number of anilines is 2. The number of halogens is 1. The molecule has 1 heterocycles. The zero-order valence-corrected chi connectivity index (χ0v) is 11.9. The highest BCUT2D eigenvalue weighted by Crippen LogP contribution is 2.24. The lowest BCUT2D eigenvalue weighted by Gasteiger charge is -2.09. The number of nitrogens with one attached hydrogen (secondary N) is 1. The van der Waals surface area contributed by atoms with Gasteiger partial charge in [-0.3, -0.25) is 9.40 Å². The van der Waals surface area contributed by atoms with Crippen LogP contribution in [0.5, 0.6) is 0 Å². The molecule has 2 aromatic rings. The molecule has 0 atom stereocenters. The van der Waals surface area contributed by atoms with Gasteiger partial charge in [0.2, 0.25) is 0 Å². The third-order valence-electron chi connectivity index (χ3n) is 2.30. The van der Waals surface area contributed by atoms with Gasteiger partial charge in [-0.05, 0) is 40.2 Å². The van der Waals surface area contributed by atoms with Gasteiger partial charge in [-0.25, -0.2) is 0 Å². The highest BCUT2D eigenvalue weighted by Gasteiger charge is 2.18. The van der Waals surface area contributed by atoms with Crippen molar-refractivity contribution in [2.45, 2.75) is 5.03 Å². The van der Waals surface area contributed by atoms with E-state index in [1.54, 1.807) is 19.2 Å². The normalized spacial score (nSPS) is 11.4. The number of hydrogen-bond acceptors (Lipinski definition) is 4. The molecule has 3 N–H and O–H groups in total. The summed E-state index contributed by atoms with van der Waals surface area (Å²) in [4.78, 5) is 0. The van der Waals surface area contributed by atoms with E-state index in [1.807, 2.05) is 0 Å². The molecule has 0 radical (unpaired) electrons. The molecule has 8 heteroatoms. The van der Waals surface area contributed by atoms with Crippen LogP contribution in [0.2, 0.25) is 0 Å². The van der Waals surface area contributed by atoms with Gasteiger partial charge < -0.3 is 5.73 Å². The van der Waals surface area contributed by atoms with E-state index in [9.17, 15) is 8.42 Å². The Hall–Kier alpha value is -1.54. The molecule has 0 saturated carbocycles. The molecule has 0 aliphatic rings. The van der Waals surface area contributed by atoms with Crippen molar-refractivity contribution >= 4 is 37.3 Å². The van der Waals surface area contributed by atoms with Crippen LogP contribution in [0.4, 0.5) is 11.4 Å². The zero-order chi connectivity index (χ0) is 13.3. The van der Waals surface area contributed by atoms with E-state index in [4.69, 9.17) is 5.73 Å². The number of nitrogens with zero attached hydrogens (tertiary/aromatic N) is 2. The average Bonchev–Trinajstić information content (AvgIpc) is 2.70. The van der Waals surface area contributed by atoms with Crippen LogP contribution in [0.3, 0.4) is 0 Å². The molecule has 1 aromatic carbocycles. The number of benzene rings is 1. The topological polar surface area (TPSA) is 90.0 Å². The highest BCUT2D eigenvalue weighted by molar-refractivity contribution is 9.10. The van der Waals surface area contributed by atoms with Crippen LogP contribution in [0, 0.1) is 0 Å². The van der Waals surface area contributed by atoms with Crippen molar-refractivity contribution in [2.75, 3.05) is 10.5 Å². The summed E-state index contributed by atoms with van der Waals surface area (Å²) < 4.78 is 28.5. The summed E-state index contributed by atoms with van der Waals surface area (Å²) in [5, 5.41) is 3.91. The Morgan fingerprint density at radius 1 is 1.39 bits per heavy atom. The highest BCUT2D eigenvalue weighted by atomic mass is 79.9. The number of aromatic nitrogens is 2. The minimum Gasteiger partial charge on any atom is -0.398 e. The average molecular weight is 331 g/mol. The minimum absolute atomic E-state index is 0.0870. The van der Waals surface area contributed by atoms with Crippen LogP contribution >= 0.6 is 15.9 Å². The van der Waals surface area contributed by atoms with E-state index >= 15 is 0 Å². The molecular formula is C10H11BrN4O2S. The first kappa shape index (κ1) is 12.9. The van der Waals surface area contributed by atoms with Crippen LogP contribution in [0.15, 0.2) is 40.0 Å². The Morgan fingerprint density at radius 3 is 2.67 bits per heavy atom. The molecular weight excluding hydrogens is 320 g/mol. The maximum absolute atomic E-state index is 12.1. The molecule has 1 aromatic heterocycles. The summed E-state index contributed by atoms with van der Waals surface area (Å²) in [6.07, 6.45) is 1.42. The van der Waals surface area contributed by atoms with Gasteiger partial charge in [0.1, 0.15) is 0 Å². The standard InChI is InChI=1S/C10H11BrN4O2S/c1-15-10(4-5-13-15)18(16,17)14-7-2-3-8(11)9(12)6-7/h2-6,14H,12H2,1H3. The van der Waals surface area contributed by atoms with Gasteiger partial charge in [-0.2, -0.15) is 13.5 Å². The smallest absolute Gasteiger partial charge is 0.279 e. The van der Waals surface area contributed by atoms with Crippen LogP contribution < -0.4 is 10.5 Å². The fourth-order valence-corrected chi connectivity index (χ4v) is 2.86. The van der Waals surface area contributed by atoms with Gasteiger partial charge in [0, 0.05) is 17.2 Å². The Bertz CT molecular complexity index is 681. The molecule has 2 rings (SSSR count). The molecule has 0 amide bonds. The van der Waals surface area contributed by atoms with Gasteiger partial charge >= 0.3 is 0 Å². The molecule has 0 fully saturated rings. The Labute approximate surface area is 113 Å². The molecule has 18 heavy (non-hydrogen) atoms.